The number of carbonyl (C=O) groups is 2. The van der Waals surface area contributed by atoms with Crippen molar-refractivity contribution in [2.24, 2.45) is 0 Å². The normalized spacial score (nSPS) is 12.3. The van der Waals surface area contributed by atoms with Crippen LogP contribution < -0.4 is 10.0 Å². The molecule has 1 aromatic carbocycles. The molecule has 0 atom stereocenters. The lowest BCUT2D eigenvalue weighted by Crippen LogP contribution is -2.20. The largest absolute Gasteiger partial charge is 0.337 e. The third-order valence-corrected chi connectivity index (χ3v) is 6.83. The lowest BCUT2D eigenvalue weighted by Gasteiger charge is -2.14. The van der Waals surface area contributed by atoms with Crippen molar-refractivity contribution < 1.29 is 25.3 Å². The van der Waals surface area contributed by atoms with Crippen LogP contribution in [0.3, 0.4) is 0 Å². The molecular weight excluding hydrogens is 426 g/mol. The number of nitrogens with one attached hydrogen (secondary N) is 2. The second-order valence-electron chi connectivity index (χ2n) is 6.70. The van der Waals surface area contributed by atoms with Gasteiger partial charge in [0, 0.05) is 11.1 Å². The van der Waals surface area contributed by atoms with Crippen LogP contribution in [0.25, 0.3) is 0 Å². The molecule has 10 heteroatoms. The predicted octanol–water partition coefficient (Wildman–Crippen LogP) is 4.23. The molecule has 2 N–H and O–H groups in total. The van der Waals surface area contributed by atoms with Gasteiger partial charge in [0.15, 0.2) is 5.78 Å². The Labute approximate surface area is 181 Å². The summed E-state index contributed by atoms with van der Waals surface area (Å²) in [5, 5.41) is 7.70. The molecule has 3 rings (SSSR count). The fourth-order valence-electron chi connectivity index (χ4n) is 2.77. The molecule has 1 amide bonds. The minimum Gasteiger partial charge on any atom is -0.337 e. The highest BCUT2D eigenvalue weighted by molar-refractivity contribution is 7.93. The Hall–Kier alpha value is -2.98. The summed E-state index contributed by atoms with van der Waals surface area (Å²) in [6.45, 7) is 7.68. The molecular formula is C20H21N3O5S2. The van der Waals surface area contributed by atoms with Gasteiger partial charge in [-0.15, -0.1) is 11.3 Å². The summed E-state index contributed by atoms with van der Waals surface area (Å²) in [4.78, 5) is 24.8. The van der Waals surface area contributed by atoms with Crippen molar-refractivity contribution in [1.29, 1.82) is 0 Å². The van der Waals surface area contributed by atoms with E-state index in [1.807, 2.05) is 0 Å². The highest BCUT2D eigenvalue weighted by Gasteiger charge is 2.27. The van der Waals surface area contributed by atoms with Crippen LogP contribution in [0.5, 0.6) is 0 Å². The number of amides is 1. The van der Waals surface area contributed by atoms with Gasteiger partial charge in [-0.25, -0.2) is 13.1 Å². The molecule has 0 saturated carbocycles. The van der Waals surface area contributed by atoms with Crippen molar-refractivity contribution in [3.8, 4) is 0 Å². The molecule has 0 aliphatic rings. The first kappa shape index (κ1) is 19.0. The van der Waals surface area contributed by atoms with Gasteiger partial charge in [0.05, 0.1) is 14.1 Å². The number of ketones is 1. The third-order valence-electron chi connectivity index (χ3n) is 4.41. The van der Waals surface area contributed by atoms with Crippen LogP contribution >= 0.6 is 11.3 Å². The number of benzene rings is 1. The molecule has 0 radical (unpaired) electrons. The van der Waals surface area contributed by atoms with Gasteiger partial charge in [0.25, 0.3) is 15.9 Å². The van der Waals surface area contributed by atoms with Crippen LogP contribution in [0.15, 0.2) is 32.9 Å². The number of hydrogen-bond donors (Lipinski definition) is 2. The topological polar surface area (TPSA) is 118 Å². The molecule has 0 unspecified atom stereocenters. The number of hydrogen-bond acceptors (Lipinski definition) is 7. The number of carbonyl (C=O) groups excluding carboxylic acids is 2. The Bertz CT molecular complexity index is 1360. The first-order valence-electron chi connectivity index (χ1n) is 9.82. The maximum atomic E-state index is 13.0. The average Bonchev–Trinajstić information content (AvgIpc) is 3.33. The van der Waals surface area contributed by atoms with E-state index in [4.69, 9.17) is 7.26 Å². The van der Waals surface area contributed by atoms with Crippen molar-refractivity contribution in [3.05, 3.63) is 56.4 Å². The summed E-state index contributed by atoms with van der Waals surface area (Å²) in [6, 6.07) is 1.15. The maximum Gasteiger partial charge on any atom is 0.267 e. The molecule has 0 spiro atoms. The lowest BCUT2D eigenvalue weighted by molar-refractivity contribution is 0.101. The van der Waals surface area contributed by atoms with Gasteiger partial charge < -0.3 is 9.84 Å². The number of anilines is 2. The molecule has 0 aliphatic heterocycles. The minimum absolute atomic E-state index is 0.0205. The van der Waals surface area contributed by atoms with Crippen LogP contribution in [0.1, 0.15) is 52.1 Å². The van der Waals surface area contributed by atoms with Crippen LogP contribution in [0, 0.1) is 27.7 Å². The van der Waals surface area contributed by atoms with Gasteiger partial charge in [0.2, 0.25) is 5.88 Å². The van der Waals surface area contributed by atoms with E-state index < -0.39 is 21.7 Å². The van der Waals surface area contributed by atoms with E-state index in [1.165, 1.54) is 18.4 Å². The van der Waals surface area contributed by atoms with Crippen molar-refractivity contribution in [1.82, 2.24) is 5.16 Å². The fraction of sp³-hybridized carbons (Fsp3) is 0.250. The van der Waals surface area contributed by atoms with Gasteiger partial charge in [0.1, 0.15) is 9.77 Å². The molecule has 0 aliphatic carbocycles. The summed E-state index contributed by atoms with van der Waals surface area (Å²) in [5.74, 6) is -1.28. The zero-order valence-corrected chi connectivity index (χ0v) is 18.6. The van der Waals surface area contributed by atoms with E-state index in [0.717, 1.165) is 11.3 Å². The van der Waals surface area contributed by atoms with Gasteiger partial charge in [-0.3, -0.25) is 9.59 Å². The van der Waals surface area contributed by atoms with Crippen LogP contribution in [-0.4, -0.2) is 25.3 Å². The quantitative estimate of drug-likeness (QED) is 0.544. The van der Waals surface area contributed by atoms with Gasteiger partial charge in [-0.05, 0) is 63.2 Å². The second-order valence-corrected chi connectivity index (χ2v) is 9.27. The third kappa shape index (κ3) is 4.14. The number of rotatable bonds is 6. The highest BCUT2D eigenvalue weighted by atomic mass is 32.2. The van der Waals surface area contributed by atoms with Gasteiger partial charge in [-0.2, -0.15) is 0 Å². The van der Waals surface area contributed by atoms with E-state index >= 15 is 0 Å². The molecule has 3 aromatic rings. The van der Waals surface area contributed by atoms with E-state index in [-0.39, 0.29) is 39.0 Å². The second kappa shape index (κ2) is 8.04. The zero-order chi connectivity index (χ0) is 24.0. The number of Topliss-reactive ketones (excluding diaryl/α,β-unsaturated/α-hetero) is 1. The Kier molecular flexibility index (Phi) is 5.09. The smallest absolute Gasteiger partial charge is 0.267 e. The van der Waals surface area contributed by atoms with Gasteiger partial charge >= 0.3 is 0 Å². The first-order chi connectivity index (χ1) is 14.9. The monoisotopic (exact) mass is 449 g/mol. The van der Waals surface area contributed by atoms with E-state index in [0.29, 0.717) is 22.4 Å². The number of nitrogens with zero attached hydrogens (tertiary/aromatic N) is 1. The van der Waals surface area contributed by atoms with E-state index in [2.05, 4.69) is 15.2 Å². The number of thiophene rings is 1. The zero-order valence-electron chi connectivity index (χ0n) is 19.0. The lowest BCUT2D eigenvalue weighted by atomic mass is 10.0. The molecule has 2 heterocycles. The first-order valence-corrected chi connectivity index (χ1v) is 11.2. The van der Waals surface area contributed by atoms with E-state index in [9.17, 15) is 18.0 Å². The van der Waals surface area contributed by atoms with Crippen molar-refractivity contribution in [3.63, 3.8) is 0 Å². The predicted molar refractivity (Wildman–Crippen MR) is 115 cm³/mol. The van der Waals surface area contributed by atoms with Crippen molar-refractivity contribution >= 4 is 44.6 Å². The molecule has 0 fully saturated rings. The Morgan fingerprint density at radius 2 is 1.90 bits per heavy atom. The molecule has 0 bridgehead atoms. The molecule has 30 heavy (non-hydrogen) atoms. The number of aromatic nitrogens is 1. The summed E-state index contributed by atoms with van der Waals surface area (Å²) >= 11 is 0.899. The van der Waals surface area contributed by atoms with Gasteiger partial charge in [-0.1, -0.05) is 11.2 Å². The fourth-order valence-corrected chi connectivity index (χ4v) is 5.14. The molecule has 0 saturated heterocycles. The number of sulfonamides is 1. The molecule has 158 valence electrons. The Balaban J connectivity index is 2.02. The molecule has 2 aromatic heterocycles. The average molecular weight is 450 g/mol. The Morgan fingerprint density at radius 1 is 1.20 bits per heavy atom. The standard InChI is InChI=1S/C20H21N3O5S2/c1-10-8-11(2)17(15(9-10)14(5)24)21-19(25)18-16(6-7-29-18)30(26,27)23-20-12(3)13(4)22-28-20/h6-9,23H,1-5H3,(H,21,25)/i8D,9D. The van der Waals surface area contributed by atoms with Crippen LogP contribution in [0.4, 0.5) is 11.6 Å². The van der Waals surface area contributed by atoms with E-state index in [1.54, 1.807) is 27.7 Å². The molecule has 8 nitrogen and oxygen atoms in total. The maximum absolute atomic E-state index is 13.0. The summed E-state index contributed by atoms with van der Waals surface area (Å²) in [5.41, 5.74) is 1.65. The highest BCUT2D eigenvalue weighted by Crippen LogP contribution is 2.29. The Morgan fingerprint density at radius 3 is 2.50 bits per heavy atom. The van der Waals surface area contributed by atoms with Crippen LogP contribution in [0.2, 0.25) is 0 Å². The summed E-state index contributed by atoms with van der Waals surface area (Å²) in [7, 11) is -4.18. The van der Waals surface area contributed by atoms with Crippen molar-refractivity contribution in [2.45, 2.75) is 39.5 Å². The summed E-state index contributed by atoms with van der Waals surface area (Å²) < 4.78 is 49.5. The number of aryl methyl sites for hydroxylation is 1. The SMILES string of the molecule is [2H]c1c(C)c([2H])c(C(C)=O)c(NC(=O)c2sccc2S(=O)(=O)Nc2onc(C)c2C)c1C. The minimum atomic E-state index is -4.18. The van der Waals surface area contributed by atoms with Crippen LogP contribution in [-0.2, 0) is 10.0 Å². The summed E-state index contributed by atoms with van der Waals surface area (Å²) in [6.07, 6.45) is 0. The van der Waals surface area contributed by atoms with Crippen molar-refractivity contribution in [2.75, 3.05) is 10.0 Å².